The Bertz CT molecular complexity index is 453. The van der Waals surface area contributed by atoms with Crippen molar-refractivity contribution in [1.82, 2.24) is 0 Å². The van der Waals surface area contributed by atoms with Crippen LogP contribution < -0.4 is 5.32 Å². The third kappa shape index (κ3) is 5.46. The summed E-state index contributed by atoms with van der Waals surface area (Å²) in [5, 5.41) is 2.16. The third-order valence-corrected chi connectivity index (χ3v) is 1.97. The first kappa shape index (κ1) is 15.1. The van der Waals surface area contributed by atoms with Crippen LogP contribution >= 0.6 is 0 Å². The number of ether oxygens (including phenoxy) is 1. The molecule has 0 saturated carbocycles. The van der Waals surface area contributed by atoms with E-state index < -0.39 is 23.9 Å². The Morgan fingerprint density at radius 1 is 1.26 bits per heavy atom. The maximum Gasteiger partial charge on any atom is 0.431 e. The Morgan fingerprint density at radius 3 is 2.32 bits per heavy atom. The molecule has 1 aromatic carbocycles. The largest absolute Gasteiger partial charge is 0.460 e. The molecule has 0 aromatic heterocycles. The molecule has 1 aromatic rings. The summed E-state index contributed by atoms with van der Waals surface area (Å²) >= 11 is 0. The first-order valence-corrected chi connectivity index (χ1v) is 5.60. The van der Waals surface area contributed by atoms with Crippen LogP contribution in [0.15, 0.2) is 42.1 Å². The van der Waals surface area contributed by atoms with Crippen molar-refractivity contribution in [1.29, 1.82) is 0 Å². The molecule has 0 amide bonds. The Hall–Kier alpha value is -1.98. The van der Waals surface area contributed by atoms with Crippen LogP contribution in [0.1, 0.15) is 13.8 Å². The Morgan fingerprint density at radius 2 is 1.84 bits per heavy atom. The lowest BCUT2D eigenvalue weighted by molar-refractivity contribution is -0.142. The number of alkyl halides is 3. The minimum atomic E-state index is -4.66. The number of halogens is 3. The lowest BCUT2D eigenvalue weighted by Crippen LogP contribution is -2.21. The fourth-order valence-electron chi connectivity index (χ4n) is 1.25. The average Bonchev–Trinajstić information content (AvgIpc) is 2.27. The molecular weight excluding hydrogens is 259 g/mol. The summed E-state index contributed by atoms with van der Waals surface area (Å²) < 4.78 is 43.0. The smallest absolute Gasteiger partial charge is 0.431 e. The number of allylic oxidation sites excluding steroid dienone is 1. The fraction of sp³-hybridized carbons (Fsp3) is 0.308. The van der Waals surface area contributed by atoms with Crippen LogP contribution in [-0.2, 0) is 9.53 Å². The first-order chi connectivity index (χ1) is 8.79. The second kappa shape index (κ2) is 6.26. The highest BCUT2D eigenvalue weighted by atomic mass is 19.4. The second-order valence-electron chi connectivity index (χ2n) is 4.03. The van der Waals surface area contributed by atoms with E-state index in [0.29, 0.717) is 6.08 Å². The molecule has 0 saturated heterocycles. The van der Waals surface area contributed by atoms with Crippen LogP contribution in [0.5, 0.6) is 0 Å². The van der Waals surface area contributed by atoms with Gasteiger partial charge in [-0.1, -0.05) is 18.2 Å². The van der Waals surface area contributed by atoms with Crippen LogP contribution in [0.4, 0.5) is 18.9 Å². The quantitative estimate of drug-likeness (QED) is 0.674. The van der Waals surface area contributed by atoms with Crippen LogP contribution in [0.3, 0.4) is 0 Å². The molecule has 0 aliphatic rings. The van der Waals surface area contributed by atoms with Crippen molar-refractivity contribution in [3.8, 4) is 0 Å². The minimum Gasteiger partial charge on any atom is -0.460 e. The predicted molar refractivity (Wildman–Crippen MR) is 65.4 cm³/mol. The van der Waals surface area contributed by atoms with E-state index >= 15 is 0 Å². The van der Waals surface area contributed by atoms with Gasteiger partial charge in [-0.15, -0.1) is 0 Å². The molecule has 0 fully saturated rings. The molecule has 6 heteroatoms. The molecule has 0 aliphatic heterocycles. The first-order valence-electron chi connectivity index (χ1n) is 5.60. The topological polar surface area (TPSA) is 38.3 Å². The molecule has 0 unspecified atom stereocenters. The highest BCUT2D eigenvalue weighted by molar-refractivity contribution is 5.84. The van der Waals surface area contributed by atoms with Gasteiger partial charge in [-0.25, -0.2) is 4.79 Å². The predicted octanol–water partition coefficient (Wildman–Crippen LogP) is 3.50. The van der Waals surface area contributed by atoms with Crippen molar-refractivity contribution in [2.45, 2.75) is 26.1 Å². The highest BCUT2D eigenvalue weighted by Gasteiger charge is 2.35. The van der Waals surface area contributed by atoms with Crippen LogP contribution in [0.2, 0.25) is 0 Å². The normalized spacial score (nSPS) is 12.4. The molecule has 1 rings (SSSR count). The van der Waals surface area contributed by atoms with E-state index in [0.717, 1.165) is 0 Å². The molecule has 0 bridgehead atoms. The summed E-state index contributed by atoms with van der Waals surface area (Å²) in [5.41, 5.74) is -0.923. The second-order valence-corrected chi connectivity index (χ2v) is 4.03. The molecule has 0 radical (unpaired) electrons. The SMILES string of the molecule is CC(C)OC(=O)/C=C(/Nc1ccccc1)C(F)(F)F. The number of hydrogen-bond donors (Lipinski definition) is 1. The van der Waals surface area contributed by atoms with Crippen molar-refractivity contribution >= 4 is 11.7 Å². The van der Waals surface area contributed by atoms with Crippen molar-refractivity contribution in [2.75, 3.05) is 5.32 Å². The van der Waals surface area contributed by atoms with Crippen molar-refractivity contribution in [3.63, 3.8) is 0 Å². The number of hydrogen-bond acceptors (Lipinski definition) is 3. The Labute approximate surface area is 109 Å². The monoisotopic (exact) mass is 273 g/mol. The number of nitrogens with one attached hydrogen (secondary N) is 1. The van der Waals surface area contributed by atoms with Gasteiger partial charge in [0.05, 0.1) is 12.2 Å². The summed E-state index contributed by atoms with van der Waals surface area (Å²) in [4.78, 5) is 11.3. The van der Waals surface area contributed by atoms with Gasteiger partial charge in [0.1, 0.15) is 5.70 Å². The third-order valence-electron chi connectivity index (χ3n) is 1.97. The number of esters is 1. The molecule has 0 aliphatic carbocycles. The van der Waals surface area contributed by atoms with Gasteiger partial charge in [0.25, 0.3) is 0 Å². The number of benzene rings is 1. The van der Waals surface area contributed by atoms with E-state index in [4.69, 9.17) is 0 Å². The number of para-hydroxylation sites is 1. The van der Waals surface area contributed by atoms with E-state index in [2.05, 4.69) is 10.1 Å². The molecule has 19 heavy (non-hydrogen) atoms. The van der Waals surface area contributed by atoms with Crippen LogP contribution in [0.25, 0.3) is 0 Å². The molecular formula is C13H14F3NO2. The van der Waals surface area contributed by atoms with Crippen LogP contribution in [0, 0.1) is 0 Å². The van der Waals surface area contributed by atoms with Gasteiger partial charge >= 0.3 is 12.1 Å². The lowest BCUT2D eigenvalue weighted by atomic mass is 10.3. The van der Waals surface area contributed by atoms with Gasteiger partial charge in [0, 0.05) is 5.69 Å². The minimum absolute atomic E-state index is 0.239. The van der Waals surface area contributed by atoms with E-state index in [-0.39, 0.29) is 5.69 Å². The molecule has 0 spiro atoms. The van der Waals surface area contributed by atoms with Crippen LogP contribution in [-0.4, -0.2) is 18.2 Å². The number of rotatable bonds is 4. The zero-order valence-electron chi connectivity index (χ0n) is 10.5. The summed E-state index contributed by atoms with van der Waals surface area (Å²) in [5.74, 6) is -1.04. The van der Waals surface area contributed by atoms with Crippen molar-refractivity contribution < 1.29 is 22.7 Å². The standard InChI is InChI=1S/C13H14F3NO2/c1-9(2)19-12(18)8-11(13(14,15)16)17-10-6-4-3-5-7-10/h3-9,17H,1-2H3/b11-8+. The molecule has 0 atom stereocenters. The summed E-state index contributed by atoms with van der Waals surface area (Å²) in [6, 6.07) is 7.78. The summed E-state index contributed by atoms with van der Waals surface area (Å²) in [7, 11) is 0. The summed E-state index contributed by atoms with van der Waals surface area (Å²) in [6.45, 7) is 3.12. The maximum absolute atomic E-state index is 12.8. The molecule has 0 heterocycles. The lowest BCUT2D eigenvalue weighted by Gasteiger charge is -2.14. The van der Waals surface area contributed by atoms with Gasteiger partial charge in [-0.2, -0.15) is 13.2 Å². The number of anilines is 1. The molecule has 1 N–H and O–H groups in total. The zero-order valence-corrected chi connectivity index (χ0v) is 10.5. The van der Waals surface area contributed by atoms with Gasteiger partial charge in [-0.05, 0) is 26.0 Å². The Balaban J connectivity index is 2.90. The zero-order chi connectivity index (χ0) is 14.5. The molecule has 3 nitrogen and oxygen atoms in total. The van der Waals surface area contributed by atoms with Gasteiger partial charge in [0.2, 0.25) is 0 Å². The molecule has 104 valence electrons. The number of carbonyl (C=O) groups excluding carboxylic acids is 1. The van der Waals surface area contributed by atoms with E-state index in [1.165, 1.54) is 12.1 Å². The van der Waals surface area contributed by atoms with E-state index in [1.54, 1.807) is 32.0 Å². The number of carbonyl (C=O) groups is 1. The van der Waals surface area contributed by atoms with Gasteiger partial charge in [0.15, 0.2) is 0 Å². The maximum atomic E-state index is 12.8. The van der Waals surface area contributed by atoms with Gasteiger partial charge in [-0.3, -0.25) is 0 Å². The van der Waals surface area contributed by atoms with Crippen molar-refractivity contribution in [3.05, 3.63) is 42.1 Å². The average molecular weight is 273 g/mol. The van der Waals surface area contributed by atoms with Gasteiger partial charge < -0.3 is 10.1 Å². The van der Waals surface area contributed by atoms with Crippen molar-refractivity contribution in [2.24, 2.45) is 0 Å². The van der Waals surface area contributed by atoms with E-state index in [1.807, 2.05) is 0 Å². The fourth-order valence-corrected chi connectivity index (χ4v) is 1.25. The summed E-state index contributed by atoms with van der Waals surface area (Å²) in [6.07, 6.45) is -4.73. The Kier molecular flexibility index (Phi) is 4.97. The van der Waals surface area contributed by atoms with E-state index in [9.17, 15) is 18.0 Å². The highest BCUT2D eigenvalue weighted by Crippen LogP contribution is 2.27.